The van der Waals surface area contributed by atoms with Crippen molar-refractivity contribution in [1.29, 1.82) is 5.26 Å². The summed E-state index contributed by atoms with van der Waals surface area (Å²) in [4.78, 5) is 7.67. The molecule has 0 unspecified atom stereocenters. The molecule has 0 atom stereocenters. The minimum Gasteiger partial charge on any atom is -0.457 e. The Morgan fingerprint density at radius 3 is 2.74 bits per heavy atom. The molecule has 0 aliphatic carbocycles. The zero-order valence-electron chi connectivity index (χ0n) is 14.3. The van der Waals surface area contributed by atoms with Gasteiger partial charge in [-0.25, -0.2) is 4.98 Å². The molecule has 4 rings (SSSR count). The summed E-state index contributed by atoms with van der Waals surface area (Å²) in [6.07, 6.45) is 1.66. The van der Waals surface area contributed by atoms with Crippen molar-refractivity contribution in [2.24, 2.45) is 0 Å². The van der Waals surface area contributed by atoms with Crippen LogP contribution in [0, 0.1) is 18.3 Å². The lowest BCUT2D eigenvalue weighted by atomic mass is 10.2. The van der Waals surface area contributed by atoms with Crippen LogP contribution in [0.4, 0.5) is 0 Å². The zero-order valence-corrected chi connectivity index (χ0v) is 15.8. The van der Waals surface area contributed by atoms with E-state index in [-0.39, 0.29) is 0 Å². The molecule has 0 aliphatic rings. The first kappa shape index (κ1) is 17.4. The number of furan rings is 1. The van der Waals surface area contributed by atoms with Crippen molar-refractivity contribution in [1.82, 2.24) is 9.97 Å². The van der Waals surface area contributed by atoms with Gasteiger partial charge in [-0.2, -0.15) is 5.26 Å². The summed E-state index contributed by atoms with van der Waals surface area (Å²) in [7, 11) is 0. The Labute approximate surface area is 165 Å². The summed E-state index contributed by atoms with van der Waals surface area (Å²) in [5.74, 6) is 1.69. The maximum atomic E-state index is 9.56. The number of aromatic nitrogens is 2. The van der Waals surface area contributed by atoms with Crippen LogP contribution in [0.25, 0.3) is 34.0 Å². The number of hydrogen-bond acceptors (Lipinski definition) is 3. The van der Waals surface area contributed by atoms with E-state index in [9.17, 15) is 5.26 Å². The third kappa shape index (κ3) is 3.48. The van der Waals surface area contributed by atoms with E-state index in [1.807, 2.05) is 37.3 Å². The molecule has 0 aliphatic heterocycles. The number of allylic oxidation sites excluding steroid dienone is 1. The fraction of sp³-hybridized carbons (Fsp3) is 0.0476. The van der Waals surface area contributed by atoms with E-state index in [1.54, 1.807) is 24.3 Å². The Morgan fingerprint density at radius 1 is 1.11 bits per heavy atom. The van der Waals surface area contributed by atoms with Gasteiger partial charge in [-0.15, -0.1) is 0 Å². The molecular formula is C21H13Cl2N3O. The first-order valence-corrected chi connectivity index (χ1v) is 8.93. The molecule has 4 nitrogen and oxygen atoms in total. The lowest BCUT2D eigenvalue weighted by Gasteiger charge is -1.99. The van der Waals surface area contributed by atoms with Gasteiger partial charge in [0.2, 0.25) is 0 Å². The minimum atomic E-state index is 0.388. The van der Waals surface area contributed by atoms with E-state index < -0.39 is 0 Å². The summed E-state index contributed by atoms with van der Waals surface area (Å²) in [5.41, 5.74) is 4.02. The molecule has 2 aromatic heterocycles. The van der Waals surface area contributed by atoms with Crippen LogP contribution in [-0.2, 0) is 0 Å². The predicted octanol–water partition coefficient (Wildman–Crippen LogP) is 6.50. The molecule has 0 radical (unpaired) electrons. The smallest absolute Gasteiger partial charge is 0.149 e. The Morgan fingerprint density at radius 2 is 1.96 bits per heavy atom. The number of aromatic amines is 1. The van der Waals surface area contributed by atoms with Crippen LogP contribution >= 0.6 is 23.2 Å². The number of nitrogens with one attached hydrogen (secondary N) is 1. The Balaban J connectivity index is 1.69. The van der Waals surface area contributed by atoms with E-state index in [1.165, 1.54) is 0 Å². The second-order valence-corrected chi connectivity index (χ2v) is 6.92. The second-order valence-electron chi connectivity index (χ2n) is 6.11. The van der Waals surface area contributed by atoms with Crippen molar-refractivity contribution in [2.45, 2.75) is 6.92 Å². The fourth-order valence-corrected chi connectivity index (χ4v) is 3.08. The van der Waals surface area contributed by atoms with Crippen LogP contribution in [0.15, 0.2) is 52.9 Å². The molecule has 0 saturated heterocycles. The van der Waals surface area contributed by atoms with E-state index in [2.05, 4.69) is 16.0 Å². The number of halogens is 2. The Hall–Kier alpha value is -3.00. The first-order valence-electron chi connectivity index (χ1n) is 8.17. The monoisotopic (exact) mass is 393 g/mol. The predicted molar refractivity (Wildman–Crippen MR) is 108 cm³/mol. The van der Waals surface area contributed by atoms with Crippen molar-refractivity contribution >= 4 is 45.9 Å². The summed E-state index contributed by atoms with van der Waals surface area (Å²) in [6, 6.07) is 17.0. The van der Waals surface area contributed by atoms with Crippen LogP contribution < -0.4 is 0 Å². The quantitative estimate of drug-likeness (QED) is 0.403. The van der Waals surface area contributed by atoms with Gasteiger partial charge in [-0.1, -0.05) is 29.3 Å². The maximum Gasteiger partial charge on any atom is 0.149 e. The molecule has 0 saturated carbocycles. The molecule has 27 heavy (non-hydrogen) atoms. The Kier molecular flexibility index (Phi) is 4.49. The average molecular weight is 394 g/mol. The third-order valence-electron chi connectivity index (χ3n) is 4.13. The number of aryl methyl sites for hydroxylation is 1. The molecule has 6 heteroatoms. The third-order valence-corrected chi connectivity index (χ3v) is 4.87. The molecule has 4 aromatic rings. The number of imidazole rings is 1. The van der Waals surface area contributed by atoms with Gasteiger partial charge in [0, 0.05) is 11.6 Å². The molecule has 0 amide bonds. The average Bonchev–Trinajstić information content (AvgIpc) is 3.28. The van der Waals surface area contributed by atoms with Crippen LogP contribution in [0.3, 0.4) is 0 Å². The van der Waals surface area contributed by atoms with Gasteiger partial charge in [0.05, 0.1) is 26.7 Å². The second kappa shape index (κ2) is 6.96. The number of rotatable bonds is 3. The van der Waals surface area contributed by atoms with Crippen LogP contribution in [0.1, 0.15) is 17.1 Å². The fourth-order valence-electron chi connectivity index (χ4n) is 2.78. The molecule has 132 valence electrons. The lowest BCUT2D eigenvalue weighted by Crippen LogP contribution is -1.84. The highest BCUT2D eigenvalue weighted by Crippen LogP contribution is 2.30. The molecule has 0 spiro atoms. The SMILES string of the molecule is Cc1ccc2nc(C(C#N)=Cc3ccc(-c4ccc(Cl)c(Cl)c4)o3)[nH]c2c1. The number of benzene rings is 2. The topological polar surface area (TPSA) is 65.6 Å². The van der Waals surface area contributed by atoms with E-state index in [4.69, 9.17) is 27.6 Å². The standard InChI is InChI=1S/C21H13Cl2N3O/c1-12-2-6-18-19(8-12)26-21(25-18)14(11-24)9-15-4-7-20(27-15)13-3-5-16(22)17(23)10-13/h2-10H,1H3,(H,25,26). The van der Waals surface area contributed by atoms with Gasteiger partial charge >= 0.3 is 0 Å². The molecule has 0 bridgehead atoms. The van der Waals surface area contributed by atoms with Gasteiger partial charge in [0.25, 0.3) is 0 Å². The normalized spacial score (nSPS) is 11.7. The summed E-state index contributed by atoms with van der Waals surface area (Å²) in [6.45, 7) is 2.01. The molecule has 0 fully saturated rings. The number of nitriles is 1. The number of hydrogen-bond donors (Lipinski definition) is 1. The van der Waals surface area contributed by atoms with E-state index in [0.717, 1.165) is 22.2 Å². The number of nitrogens with zero attached hydrogens (tertiary/aromatic N) is 2. The Bertz CT molecular complexity index is 1230. The van der Waals surface area contributed by atoms with Gasteiger partial charge in [-0.05, 0) is 55.0 Å². The lowest BCUT2D eigenvalue weighted by molar-refractivity contribution is 0.572. The van der Waals surface area contributed by atoms with Crippen molar-refractivity contribution in [3.05, 3.63) is 75.7 Å². The van der Waals surface area contributed by atoms with Crippen LogP contribution in [0.2, 0.25) is 10.0 Å². The zero-order chi connectivity index (χ0) is 19.0. The molecular weight excluding hydrogens is 381 g/mol. The van der Waals surface area contributed by atoms with Gasteiger partial charge in [0.15, 0.2) is 0 Å². The van der Waals surface area contributed by atoms with Crippen LogP contribution in [-0.4, -0.2) is 9.97 Å². The highest BCUT2D eigenvalue weighted by molar-refractivity contribution is 6.42. The van der Waals surface area contributed by atoms with Crippen molar-refractivity contribution in [3.8, 4) is 17.4 Å². The maximum absolute atomic E-state index is 9.56. The first-order chi connectivity index (χ1) is 13.0. The van der Waals surface area contributed by atoms with Gasteiger partial charge in [0.1, 0.15) is 23.4 Å². The van der Waals surface area contributed by atoms with E-state index in [0.29, 0.717) is 33.0 Å². The van der Waals surface area contributed by atoms with Crippen LogP contribution in [0.5, 0.6) is 0 Å². The minimum absolute atomic E-state index is 0.388. The van der Waals surface area contributed by atoms with Gasteiger partial charge in [-0.3, -0.25) is 0 Å². The highest BCUT2D eigenvalue weighted by Gasteiger charge is 2.11. The highest BCUT2D eigenvalue weighted by atomic mass is 35.5. The summed E-state index contributed by atoms with van der Waals surface area (Å²) < 4.78 is 5.84. The molecule has 2 aromatic carbocycles. The van der Waals surface area contributed by atoms with Gasteiger partial charge < -0.3 is 9.40 Å². The summed E-state index contributed by atoms with van der Waals surface area (Å²) >= 11 is 12.0. The molecule has 2 heterocycles. The largest absolute Gasteiger partial charge is 0.457 e. The van der Waals surface area contributed by atoms with Crippen molar-refractivity contribution in [3.63, 3.8) is 0 Å². The van der Waals surface area contributed by atoms with E-state index >= 15 is 0 Å². The number of fused-ring (bicyclic) bond motifs is 1. The number of H-pyrrole nitrogens is 1. The van der Waals surface area contributed by atoms with Crippen molar-refractivity contribution < 1.29 is 4.42 Å². The molecule has 1 N–H and O–H groups in total. The van der Waals surface area contributed by atoms with Crippen molar-refractivity contribution in [2.75, 3.05) is 0 Å². The summed E-state index contributed by atoms with van der Waals surface area (Å²) in [5, 5.41) is 10.5.